The third-order valence-corrected chi connectivity index (χ3v) is 3.29. The molecule has 0 amide bonds. The number of carbonyl (C=O) groups is 1. The molecular formula is C10H14ClN3O2S. The van der Waals surface area contributed by atoms with Crippen molar-refractivity contribution in [3.05, 3.63) is 17.0 Å². The van der Waals surface area contributed by atoms with Crippen LogP contribution < -0.4 is 5.32 Å². The van der Waals surface area contributed by atoms with E-state index >= 15 is 0 Å². The summed E-state index contributed by atoms with van der Waals surface area (Å²) in [6.45, 7) is 1.93. The van der Waals surface area contributed by atoms with E-state index in [1.165, 1.54) is 6.33 Å². The lowest BCUT2D eigenvalue weighted by Crippen LogP contribution is -2.20. The highest BCUT2D eigenvalue weighted by Gasteiger charge is 2.11. The van der Waals surface area contributed by atoms with E-state index in [2.05, 4.69) is 15.3 Å². The summed E-state index contributed by atoms with van der Waals surface area (Å²) >= 11 is 5.77. The van der Waals surface area contributed by atoms with Crippen molar-refractivity contribution in [1.29, 1.82) is 0 Å². The van der Waals surface area contributed by atoms with Crippen LogP contribution in [0.2, 0.25) is 5.15 Å². The summed E-state index contributed by atoms with van der Waals surface area (Å²) in [6.07, 6.45) is 4.30. The van der Waals surface area contributed by atoms with Gasteiger partial charge in [-0.05, 0) is 13.3 Å². The minimum absolute atomic E-state index is 0.0589. The highest BCUT2D eigenvalue weighted by molar-refractivity contribution is 7.84. The van der Waals surface area contributed by atoms with Crippen LogP contribution in [0, 0.1) is 0 Å². The lowest BCUT2D eigenvalue weighted by Gasteiger charge is -2.14. The van der Waals surface area contributed by atoms with Crippen molar-refractivity contribution >= 4 is 34.5 Å². The van der Waals surface area contributed by atoms with Gasteiger partial charge in [-0.3, -0.25) is 9.00 Å². The molecule has 0 aromatic carbocycles. The summed E-state index contributed by atoms with van der Waals surface area (Å²) in [5, 5.41) is 3.18. The molecule has 0 saturated heterocycles. The summed E-state index contributed by atoms with van der Waals surface area (Å²) in [5.41, 5.74) is 0.249. The minimum Gasteiger partial charge on any atom is -0.367 e. The van der Waals surface area contributed by atoms with Gasteiger partial charge in [0.1, 0.15) is 17.3 Å². The fourth-order valence-corrected chi connectivity index (χ4v) is 2.11. The Morgan fingerprint density at radius 1 is 1.59 bits per heavy atom. The summed E-state index contributed by atoms with van der Waals surface area (Å²) in [5.74, 6) is 1.01. The van der Waals surface area contributed by atoms with Crippen LogP contribution in [0.25, 0.3) is 0 Å². The molecule has 17 heavy (non-hydrogen) atoms. The number of hydrogen-bond donors (Lipinski definition) is 1. The first-order valence-corrected chi connectivity index (χ1v) is 7.17. The van der Waals surface area contributed by atoms with Crippen LogP contribution >= 0.6 is 11.6 Å². The van der Waals surface area contributed by atoms with Crippen molar-refractivity contribution in [2.24, 2.45) is 0 Å². The maximum atomic E-state index is 11.0. The van der Waals surface area contributed by atoms with Gasteiger partial charge in [0.15, 0.2) is 6.29 Å². The monoisotopic (exact) mass is 275 g/mol. The van der Waals surface area contributed by atoms with Crippen LogP contribution in [0.1, 0.15) is 23.7 Å². The lowest BCUT2D eigenvalue weighted by molar-refractivity contribution is 0.112. The number of nitrogens with one attached hydrogen (secondary N) is 1. The van der Waals surface area contributed by atoms with E-state index in [-0.39, 0.29) is 16.8 Å². The van der Waals surface area contributed by atoms with Gasteiger partial charge in [-0.25, -0.2) is 9.97 Å². The summed E-state index contributed by atoms with van der Waals surface area (Å²) < 4.78 is 11.0. The summed E-state index contributed by atoms with van der Waals surface area (Å²) in [6, 6.07) is 0.0589. The number of nitrogens with zero attached hydrogens (tertiary/aromatic N) is 2. The SMILES string of the molecule is CC(CCS(C)=O)Nc1ncnc(Cl)c1C=O. The zero-order valence-electron chi connectivity index (χ0n) is 9.64. The van der Waals surface area contributed by atoms with Crippen molar-refractivity contribution in [3.8, 4) is 0 Å². The quantitative estimate of drug-likeness (QED) is 0.629. The van der Waals surface area contributed by atoms with Gasteiger partial charge in [0.2, 0.25) is 0 Å². The molecule has 0 bridgehead atoms. The molecule has 0 radical (unpaired) electrons. The molecule has 1 rings (SSSR count). The Bertz CT molecular complexity index is 428. The predicted octanol–water partition coefficient (Wildman–Crippen LogP) is 1.51. The van der Waals surface area contributed by atoms with E-state index in [0.29, 0.717) is 17.9 Å². The number of halogens is 1. The molecule has 7 heteroatoms. The molecule has 0 aliphatic rings. The maximum absolute atomic E-state index is 11.0. The molecule has 1 aromatic rings. The maximum Gasteiger partial charge on any atom is 0.156 e. The Balaban J connectivity index is 2.71. The standard InChI is InChI=1S/C10H14ClN3O2S/c1-7(3-4-17(2)16)14-10-8(5-15)9(11)12-6-13-10/h5-7H,3-4H2,1-2H3,(H,12,13,14). The highest BCUT2D eigenvalue weighted by Crippen LogP contribution is 2.18. The first-order valence-electron chi connectivity index (χ1n) is 5.06. The molecule has 0 saturated carbocycles. The van der Waals surface area contributed by atoms with E-state index in [1.54, 1.807) is 6.26 Å². The largest absolute Gasteiger partial charge is 0.367 e. The highest BCUT2D eigenvalue weighted by atomic mass is 35.5. The van der Waals surface area contributed by atoms with Crippen LogP contribution in [-0.4, -0.2) is 38.5 Å². The molecule has 1 heterocycles. The second-order valence-electron chi connectivity index (χ2n) is 3.66. The summed E-state index contributed by atoms with van der Waals surface area (Å²) in [7, 11) is -0.824. The first-order chi connectivity index (χ1) is 8.04. The van der Waals surface area contributed by atoms with Gasteiger partial charge < -0.3 is 5.32 Å². The Labute approximate surface area is 107 Å². The van der Waals surface area contributed by atoms with E-state index in [1.807, 2.05) is 6.92 Å². The smallest absolute Gasteiger partial charge is 0.156 e. The van der Waals surface area contributed by atoms with Crippen molar-refractivity contribution in [2.45, 2.75) is 19.4 Å². The van der Waals surface area contributed by atoms with Crippen LogP contribution in [0.15, 0.2) is 6.33 Å². The zero-order chi connectivity index (χ0) is 12.8. The molecule has 94 valence electrons. The van der Waals surface area contributed by atoms with Gasteiger partial charge in [-0.1, -0.05) is 11.6 Å². The lowest BCUT2D eigenvalue weighted by atomic mass is 10.2. The minimum atomic E-state index is -0.824. The third-order valence-electron chi connectivity index (χ3n) is 2.17. The second kappa shape index (κ2) is 6.66. The normalized spacial score (nSPS) is 14.1. The van der Waals surface area contributed by atoms with Crippen LogP contribution in [0.4, 0.5) is 5.82 Å². The second-order valence-corrected chi connectivity index (χ2v) is 5.57. The van der Waals surface area contributed by atoms with Gasteiger partial charge in [-0.15, -0.1) is 0 Å². The summed E-state index contributed by atoms with van der Waals surface area (Å²) in [4.78, 5) is 18.5. The average molecular weight is 276 g/mol. The molecule has 0 aliphatic heterocycles. The van der Waals surface area contributed by atoms with Gasteiger partial charge in [0.05, 0.1) is 5.56 Å². The topological polar surface area (TPSA) is 72.0 Å². The molecule has 0 aliphatic carbocycles. The number of hydrogen-bond acceptors (Lipinski definition) is 5. The number of carbonyl (C=O) groups excluding carboxylic acids is 1. The zero-order valence-corrected chi connectivity index (χ0v) is 11.2. The molecular weight excluding hydrogens is 262 g/mol. The van der Waals surface area contributed by atoms with E-state index in [9.17, 15) is 9.00 Å². The molecule has 0 spiro atoms. The van der Waals surface area contributed by atoms with Gasteiger partial charge in [-0.2, -0.15) is 0 Å². The van der Waals surface area contributed by atoms with Gasteiger partial charge >= 0.3 is 0 Å². The van der Waals surface area contributed by atoms with Crippen molar-refractivity contribution in [3.63, 3.8) is 0 Å². The van der Waals surface area contributed by atoms with Gasteiger partial charge in [0.25, 0.3) is 0 Å². The number of aldehydes is 1. The van der Waals surface area contributed by atoms with Crippen LogP contribution in [0.3, 0.4) is 0 Å². The first kappa shape index (κ1) is 14.1. The Morgan fingerprint density at radius 3 is 2.88 bits per heavy atom. The van der Waals surface area contributed by atoms with Crippen molar-refractivity contribution in [2.75, 3.05) is 17.3 Å². The van der Waals surface area contributed by atoms with Gasteiger partial charge in [0, 0.05) is 28.9 Å². The number of aromatic nitrogens is 2. The molecule has 2 unspecified atom stereocenters. The molecule has 1 aromatic heterocycles. The molecule has 5 nitrogen and oxygen atoms in total. The predicted molar refractivity (Wildman–Crippen MR) is 69.1 cm³/mol. The average Bonchev–Trinajstić information content (AvgIpc) is 2.27. The molecule has 1 N–H and O–H groups in total. The molecule has 2 atom stereocenters. The fourth-order valence-electron chi connectivity index (χ4n) is 1.24. The Morgan fingerprint density at radius 2 is 2.29 bits per heavy atom. The van der Waals surface area contributed by atoms with Crippen molar-refractivity contribution < 1.29 is 9.00 Å². The van der Waals surface area contributed by atoms with E-state index in [0.717, 1.165) is 6.42 Å². The van der Waals surface area contributed by atoms with E-state index < -0.39 is 10.8 Å². The Hall–Kier alpha value is -1.01. The fraction of sp³-hybridized carbons (Fsp3) is 0.500. The Kier molecular flexibility index (Phi) is 5.50. The third kappa shape index (κ3) is 4.40. The molecule has 0 fully saturated rings. The number of anilines is 1. The van der Waals surface area contributed by atoms with Crippen molar-refractivity contribution in [1.82, 2.24) is 9.97 Å². The van der Waals surface area contributed by atoms with E-state index in [4.69, 9.17) is 11.6 Å². The number of rotatable bonds is 6. The van der Waals surface area contributed by atoms with Crippen LogP contribution in [-0.2, 0) is 10.8 Å². The van der Waals surface area contributed by atoms with Crippen LogP contribution in [0.5, 0.6) is 0 Å².